The lowest BCUT2D eigenvalue weighted by molar-refractivity contribution is 0.390. The Kier molecular flexibility index (Phi) is 5.01. The van der Waals surface area contributed by atoms with Crippen molar-refractivity contribution in [2.45, 2.75) is 25.3 Å². The Bertz CT molecular complexity index is 1050. The van der Waals surface area contributed by atoms with Crippen molar-refractivity contribution < 1.29 is 12.9 Å². The molecular formula is C17H18N4O4S. The molecule has 2 heterocycles. The fourth-order valence-corrected chi connectivity index (χ4v) is 3.93. The number of aromatic nitrogens is 3. The van der Waals surface area contributed by atoms with Gasteiger partial charge in [-0.05, 0) is 19.9 Å². The molecule has 26 heavy (non-hydrogen) atoms. The molecule has 0 fully saturated rings. The number of hydrogen-bond acceptors (Lipinski definition) is 6. The first-order valence-electron chi connectivity index (χ1n) is 7.94. The van der Waals surface area contributed by atoms with Gasteiger partial charge in [0.05, 0.1) is 12.2 Å². The summed E-state index contributed by atoms with van der Waals surface area (Å²) in [4.78, 5) is 12.0. The third kappa shape index (κ3) is 3.73. The summed E-state index contributed by atoms with van der Waals surface area (Å²) in [7, 11) is -3.77. The van der Waals surface area contributed by atoms with Gasteiger partial charge >= 0.3 is 0 Å². The Morgan fingerprint density at radius 3 is 2.50 bits per heavy atom. The molecule has 3 aromatic rings. The second-order valence-electron chi connectivity index (χ2n) is 5.70. The van der Waals surface area contributed by atoms with Crippen molar-refractivity contribution in [3.05, 3.63) is 64.3 Å². The van der Waals surface area contributed by atoms with Crippen molar-refractivity contribution in [2.24, 2.45) is 0 Å². The Morgan fingerprint density at radius 1 is 1.12 bits per heavy atom. The summed E-state index contributed by atoms with van der Waals surface area (Å²) < 4.78 is 33.3. The number of nitrogens with one attached hydrogen (secondary N) is 1. The fraction of sp³-hybridized carbons (Fsp3) is 0.235. The smallest absolute Gasteiger partial charge is 0.266 e. The van der Waals surface area contributed by atoms with E-state index in [0.29, 0.717) is 5.69 Å². The molecule has 0 aliphatic rings. The first kappa shape index (κ1) is 18.0. The second-order valence-corrected chi connectivity index (χ2v) is 7.40. The van der Waals surface area contributed by atoms with Gasteiger partial charge < -0.3 is 4.52 Å². The Hall–Kier alpha value is -2.78. The molecule has 3 rings (SSSR count). The summed E-state index contributed by atoms with van der Waals surface area (Å²) in [5.74, 6) is 0.219. The highest BCUT2D eigenvalue weighted by Gasteiger charge is 2.23. The van der Waals surface area contributed by atoms with Crippen LogP contribution in [0.1, 0.15) is 11.5 Å². The molecule has 1 N–H and O–H groups in total. The number of hydrogen-bond donors (Lipinski definition) is 1. The van der Waals surface area contributed by atoms with Gasteiger partial charge in [0.2, 0.25) is 10.0 Å². The Balaban J connectivity index is 1.75. The van der Waals surface area contributed by atoms with Crippen LogP contribution in [0.4, 0.5) is 0 Å². The van der Waals surface area contributed by atoms with Crippen LogP contribution in [0.3, 0.4) is 0 Å². The van der Waals surface area contributed by atoms with Crippen molar-refractivity contribution in [1.82, 2.24) is 19.7 Å². The molecule has 0 saturated heterocycles. The van der Waals surface area contributed by atoms with E-state index >= 15 is 0 Å². The molecule has 0 bridgehead atoms. The highest BCUT2D eigenvalue weighted by molar-refractivity contribution is 7.89. The average Bonchev–Trinajstić information content (AvgIpc) is 2.96. The fourth-order valence-electron chi connectivity index (χ4n) is 2.59. The third-order valence-corrected chi connectivity index (χ3v) is 5.49. The second kappa shape index (κ2) is 7.22. The monoisotopic (exact) mass is 374 g/mol. The molecule has 9 heteroatoms. The summed E-state index contributed by atoms with van der Waals surface area (Å²) in [5.41, 5.74) is 1.49. The van der Waals surface area contributed by atoms with E-state index in [1.165, 1.54) is 17.7 Å². The maximum atomic E-state index is 12.4. The van der Waals surface area contributed by atoms with Crippen molar-refractivity contribution >= 4 is 10.0 Å². The lowest BCUT2D eigenvalue weighted by atomic mass is 10.1. The van der Waals surface area contributed by atoms with Crippen molar-refractivity contribution in [1.29, 1.82) is 0 Å². The van der Waals surface area contributed by atoms with Crippen LogP contribution in [0.25, 0.3) is 11.3 Å². The highest BCUT2D eigenvalue weighted by atomic mass is 32.2. The third-order valence-electron chi connectivity index (χ3n) is 3.79. The molecule has 0 spiro atoms. The van der Waals surface area contributed by atoms with E-state index in [1.54, 1.807) is 13.0 Å². The molecule has 0 atom stereocenters. The molecule has 1 aromatic carbocycles. The maximum Gasteiger partial charge on any atom is 0.266 e. The number of sulfonamides is 1. The lowest BCUT2D eigenvalue weighted by Gasteiger charge is -2.09. The molecule has 0 aliphatic heterocycles. The van der Waals surface area contributed by atoms with Crippen LogP contribution in [0.2, 0.25) is 0 Å². The number of aryl methyl sites for hydroxylation is 2. The molecule has 0 aliphatic carbocycles. The number of nitrogens with zero attached hydrogens (tertiary/aromatic N) is 3. The summed E-state index contributed by atoms with van der Waals surface area (Å²) in [5, 5.41) is 7.94. The van der Waals surface area contributed by atoms with E-state index in [9.17, 15) is 13.2 Å². The Labute approximate surface area is 150 Å². The van der Waals surface area contributed by atoms with Crippen molar-refractivity contribution in [2.75, 3.05) is 6.54 Å². The van der Waals surface area contributed by atoms with Crippen molar-refractivity contribution in [3.8, 4) is 11.3 Å². The van der Waals surface area contributed by atoms with E-state index in [-0.39, 0.29) is 35.0 Å². The zero-order valence-corrected chi connectivity index (χ0v) is 15.2. The summed E-state index contributed by atoms with van der Waals surface area (Å²) in [6.07, 6.45) is 0. The lowest BCUT2D eigenvalue weighted by Crippen LogP contribution is -2.32. The SMILES string of the molecule is Cc1noc(C)c1S(=O)(=O)NCCn1nc(-c2ccccc2)ccc1=O. The van der Waals surface area contributed by atoms with Gasteiger partial charge in [-0.25, -0.2) is 17.8 Å². The maximum absolute atomic E-state index is 12.4. The first-order valence-corrected chi connectivity index (χ1v) is 9.43. The molecule has 2 aromatic heterocycles. The molecule has 136 valence electrons. The van der Waals surface area contributed by atoms with Gasteiger partial charge in [0.25, 0.3) is 5.56 Å². The molecule has 0 unspecified atom stereocenters. The normalized spacial score (nSPS) is 11.6. The first-order chi connectivity index (χ1) is 12.4. The topological polar surface area (TPSA) is 107 Å². The standard InChI is InChI=1S/C17H18N4O4S/c1-12-17(13(2)25-20-12)26(23,24)18-10-11-21-16(22)9-8-15(19-21)14-6-4-3-5-7-14/h3-9,18H,10-11H2,1-2H3. The quantitative estimate of drug-likeness (QED) is 0.700. The van der Waals surface area contributed by atoms with Crippen LogP contribution < -0.4 is 10.3 Å². The van der Waals surface area contributed by atoms with Crippen molar-refractivity contribution in [3.63, 3.8) is 0 Å². The van der Waals surface area contributed by atoms with Gasteiger partial charge in [-0.15, -0.1) is 0 Å². The molecular weight excluding hydrogens is 356 g/mol. The molecule has 0 saturated carbocycles. The van der Waals surface area contributed by atoms with Gasteiger partial charge in [-0.2, -0.15) is 5.10 Å². The molecule has 8 nitrogen and oxygen atoms in total. The van der Waals surface area contributed by atoms with E-state index in [1.807, 2.05) is 30.3 Å². The van der Waals surface area contributed by atoms with Crippen LogP contribution in [-0.4, -0.2) is 29.9 Å². The molecule has 0 amide bonds. The van der Waals surface area contributed by atoms with Crippen LogP contribution in [0, 0.1) is 13.8 Å². The summed E-state index contributed by atoms with van der Waals surface area (Å²) in [6, 6.07) is 12.5. The minimum atomic E-state index is -3.77. The number of benzene rings is 1. The van der Waals surface area contributed by atoms with E-state index in [4.69, 9.17) is 4.52 Å². The largest absolute Gasteiger partial charge is 0.360 e. The van der Waals surface area contributed by atoms with Gasteiger partial charge in [0.15, 0.2) is 5.76 Å². The Morgan fingerprint density at radius 2 is 1.85 bits per heavy atom. The van der Waals surface area contributed by atoms with E-state index < -0.39 is 10.0 Å². The summed E-state index contributed by atoms with van der Waals surface area (Å²) in [6.45, 7) is 3.20. The van der Waals surface area contributed by atoms with Crippen LogP contribution in [0.15, 0.2) is 56.7 Å². The average molecular weight is 374 g/mol. The predicted octanol–water partition coefficient (Wildman–Crippen LogP) is 1.49. The zero-order valence-electron chi connectivity index (χ0n) is 14.3. The van der Waals surface area contributed by atoms with Gasteiger partial charge in [0.1, 0.15) is 10.6 Å². The highest BCUT2D eigenvalue weighted by Crippen LogP contribution is 2.18. The minimum absolute atomic E-state index is 0.0115. The van der Waals surface area contributed by atoms with Gasteiger partial charge in [0, 0.05) is 18.2 Å². The van der Waals surface area contributed by atoms with E-state index in [2.05, 4.69) is 15.0 Å². The summed E-state index contributed by atoms with van der Waals surface area (Å²) >= 11 is 0. The van der Waals surface area contributed by atoms with E-state index in [0.717, 1.165) is 5.56 Å². The van der Waals surface area contributed by atoms with Crippen LogP contribution >= 0.6 is 0 Å². The predicted molar refractivity (Wildman–Crippen MR) is 95.1 cm³/mol. The van der Waals surface area contributed by atoms with Crippen LogP contribution in [-0.2, 0) is 16.6 Å². The minimum Gasteiger partial charge on any atom is -0.360 e. The van der Waals surface area contributed by atoms with Gasteiger partial charge in [-0.1, -0.05) is 35.5 Å². The molecule has 0 radical (unpaired) electrons. The van der Waals surface area contributed by atoms with Gasteiger partial charge in [-0.3, -0.25) is 4.79 Å². The zero-order chi connectivity index (χ0) is 18.7. The van der Waals surface area contributed by atoms with Crippen LogP contribution in [0.5, 0.6) is 0 Å². The number of rotatable bonds is 6.